The fraction of sp³-hybridized carbons (Fsp3) is 0.200. The second-order valence-corrected chi connectivity index (χ2v) is 3.03. The van der Waals surface area contributed by atoms with E-state index in [4.69, 9.17) is 5.73 Å². The maximum Gasteiger partial charge on any atom is 0.339 e. The Morgan fingerprint density at radius 2 is 2.07 bits per heavy atom. The summed E-state index contributed by atoms with van der Waals surface area (Å²) in [5.74, 6) is -0.512. The first-order valence-electron chi connectivity index (χ1n) is 4.30. The number of anilines is 1. The Labute approximate surface area is 87.2 Å². The first-order chi connectivity index (χ1) is 7.04. The number of methoxy groups -OCH3 is 1. The highest BCUT2D eigenvalue weighted by atomic mass is 16.5. The Morgan fingerprint density at radius 3 is 2.60 bits per heavy atom. The molecule has 3 N–H and O–H groups in total. The Hall–Kier alpha value is -2.04. The molecule has 0 radical (unpaired) electrons. The van der Waals surface area contributed by atoms with Gasteiger partial charge in [0.1, 0.15) is 0 Å². The molecule has 1 aromatic carbocycles. The van der Waals surface area contributed by atoms with E-state index in [1.54, 1.807) is 18.2 Å². The molecule has 0 aliphatic rings. The molecule has 1 aromatic rings. The van der Waals surface area contributed by atoms with E-state index >= 15 is 0 Å². The van der Waals surface area contributed by atoms with Crippen LogP contribution in [0.1, 0.15) is 15.9 Å². The predicted molar refractivity (Wildman–Crippen MR) is 55.7 cm³/mol. The third-order valence-corrected chi connectivity index (χ3v) is 1.84. The van der Waals surface area contributed by atoms with Gasteiger partial charge in [-0.15, -0.1) is 0 Å². The highest BCUT2D eigenvalue weighted by molar-refractivity contribution is 6.00. The first kappa shape index (κ1) is 11.0. The monoisotopic (exact) mass is 208 g/mol. The minimum atomic E-state index is -0.719. The summed E-state index contributed by atoms with van der Waals surface area (Å²) in [6.45, 7) is 1.83. The quantitative estimate of drug-likeness (QED) is 0.718. The maximum absolute atomic E-state index is 11.4. The van der Waals surface area contributed by atoms with E-state index in [1.807, 2.05) is 6.92 Å². The molecule has 0 atom stereocenters. The Balaban J connectivity index is 3.14. The van der Waals surface area contributed by atoms with Crippen molar-refractivity contribution >= 4 is 17.7 Å². The molecule has 2 amide bonds. The predicted octanol–water partition coefficient (Wildman–Crippen LogP) is 1.27. The van der Waals surface area contributed by atoms with Gasteiger partial charge in [-0.2, -0.15) is 0 Å². The van der Waals surface area contributed by atoms with Gasteiger partial charge in [-0.1, -0.05) is 11.6 Å². The Bertz CT molecular complexity index is 402. The zero-order valence-electron chi connectivity index (χ0n) is 8.53. The molecule has 80 valence electrons. The molecule has 0 heterocycles. The van der Waals surface area contributed by atoms with Crippen LogP contribution in [0.25, 0.3) is 0 Å². The van der Waals surface area contributed by atoms with Crippen molar-refractivity contribution in [3.63, 3.8) is 0 Å². The number of amides is 2. The third kappa shape index (κ3) is 2.70. The number of hydrogen-bond donors (Lipinski definition) is 2. The molecule has 0 aliphatic carbocycles. The molecule has 0 aliphatic heterocycles. The number of rotatable bonds is 2. The summed E-state index contributed by atoms with van der Waals surface area (Å²) in [7, 11) is 1.28. The van der Waals surface area contributed by atoms with Gasteiger partial charge in [0.25, 0.3) is 0 Å². The van der Waals surface area contributed by atoms with Crippen molar-refractivity contribution < 1.29 is 14.3 Å². The van der Waals surface area contributed by atoms with Gasteiger partial charge < -0.3 is 15.8 Å². The van der Waals surface area contributed by atoms with E-state index in [0.29, 0.717) is 5.69 Å². The molecular weight excluding hydrogens is 196 g/mol. The van der Waals surface area contributed by atoms with Gasteiger partial charge in [0.2, 0.25) is 0 Å². The molecule has 1 rings (SSSR count). The lowest BCUT2D eigenvalue weighted by Gasteiger charge is -2.08. The molecule has 0 saturated carbocycles. The molecule has 0 bridgehead atoms. The number of urea groups is 1. The molecule has 0 saturated heterocycles. The van der Waals surface area contributed by atoms with Crippen molar-refractivity contribution in [3.05, 3.63) is 29.3 Å². The number of hydrogen-bond acceptors (Lipinski definition) is 3. The van der Waals surface area contributed by atoms with Gasteiger partial charge in [-0.3, -0.25) is 0 Å². The smallest absolute Gasteiger partial charge is 0.339 e. The van der Waals surface area contributed by atoms with Crippen LogP contribution in [0, 0.1) is 6.92 Å². The normalized spacial score (nSPS) is 9.47. The lowest BCUT2D eigenvalue weighted by Crippen LogP contribution is -2.21. The van der Waals surface area contributed by atoms with Crippen LogP contribution >= 0.6 is 0 Å². The number of benzene rings is 1. The van der Waals surface area contributed by atoms with E-state index in [1.165, 1.54) is 7.11 Å². The largest absolute Gasteiger partial charge is 0.465 e. The number of ether oxygens (including phenoxy) is 1. The van der Waals surface area contributed by atoms with Crippen LogP contribution < -0.4 is 11.1 Å². The van der Waals surface area contributed by atoms with Crippen LogP contribution in [0.3, 0.4) is 0 Å². The van der Waals surface area contributed by atoms with Gasteiger partial charge in [-0.05, 0) is 19.1 Å². The number of nitrogens with two attached hydrogens (primary N) is 1. The molecule has 15 heavy (non-hydrogen) atoms. The van der Waals surface area contributed by atoms with Crippen molar-refractivity contribution in [2.75, 3.05) is 12.4 Å². The number of nitrogens with one attached hydrogen (secondary N) is 1. The lowest BCUT2D eigenvalue weighted by molar-refractivity contribution is 0.0602. The SMILES string of the molecule is COC(=O)c1cc(C)ccc1NC(N)=O. The lowest BCUT2D eigenvalue weighted by atomic mass is 10.1. The van der Waals surface area contributed by atoms with E-state index in [0.717, 1.165) is 5.56 Å². The van der Waals surface area contributed by atoms with Gasteiger partial charge in [-0.25, -0.2) is 9.59 Å². The van der Waals surface area contributed by atoms with Crippen molar-refractivity contribution in [2.24, 2.45) is 5.73 Å². The Morgan fingerprint density at radius 1 is 1.40 bits per heavy atom. The van der Waals surface area contributed by atoms with Gasteiger partial charge in [0.05, 0.1) is 18.4 Å². The standard InChI is InChI=1S/C10H12N2O3/c1-6-3-4-8(12-10(11)14)7(5-6)9(13)15-2/h3-5H,1-2H3,(H3,11,12,14). The molecule has 0 fully saturated rings. The van der Waals surface area contributed by atoms with Gasteiger partial charge in [0.15, 0.2) is 0 Å². The van der Waals surface area contributed by atoms with Gasteiger partial charge >= 0.3 is 12.0 Å². The van der Waals surface area contributed by atoms with Crippen LogP contribution in [0.15, 0.2) is 18.2 Å². The Kier molecular flexibility index (Phi) is 3.28. The summed E-state index contributed by atoms with van der Waals surface area (Å²) in [5.41, 5.74) is 6.50. The average Bonchev–Trinajstić information content (AvgIpc) is 2.19. The van der Waals surface area contributed by atoms with Crippen molar-refractivity contribution in [2.45, 2.75) is 6.92 Å². The number of primary amides is 1. The highest BCUT2D eigenvalue weighted by Crippen LogP contribution is 2.18. The van der Waals surface area contributed by atoms with Gasteiger partial charge in [0, 0.05) is 0 Å². The molecule has 0 spiro atoms. The summed E-state index contributed by atoms with van der Waals surface area (Å²) in [5, 5.41) is 2.35. The minimum absolute atomic E-state index is 0.288. The van der Waals surface area contributed by atoms with Crippen LogP contribution in [0.4, 0.5) is 10.5 Å². The second-order valence-electron chi connectivity index (χ2n) is 3.03. The summed E-state index contributed by atoms with van der Waals surface area (Å²) in [4.78, 5) is 22.0. The molecule has 0 aromatic heterocycles. The van der Waals surface area contributed by atoms with Crippen molar-refractivity contribution in [1.29, 1.82) is 0 Å². The van der Waals surface area contributed by atoms with E-state index in [-0.39, 0.29) is 5.56 Å². The first-order valence-corrected chi connectivity index (χ1v) is 4.30. The van der Waals surface area contributed by atoms with Crippen LogP contribution in [-0.4, -0.2) is 19.1 Å². The fourth-order valence-electron chi connectivity index (χ4n) is 1.18. The second kappa shape index (κ2) is 4.45. The maximum atomic E-state index is 11.4. The highest BCUT2D eigenvalue weighted by Gasteiger charge is 2.12. The molecular formula is C10H12N2O3. The summed E-state index contributed by atoms with van der Waals surface area (Å²) in [6, 6.07) is 4.27. The van der Waals surface area contributed by atoms with Crippen LogP contribution in [0.5, 0.6) is 0 Å². The zero-order chi connectivity index (χ0) is 11.4. The summed E-state index contributed by atoms with van der Waals surface area (Å²) in [6.07, 6.45) is 0. The number of carbonyl (C=O) groups is 2. The summed E-state index contributed by atoms with van der Waals surface area (Å²) >= 11 is 0. The minimum Gasteiger partial charge on any atom is -0.465 e. The molecule has 5 nitrogen and oxygen atoms in total. The molecule has 0 unspecified atom stereocenters. The number of esters is 1. The summed E-state index contributed by atoms with van der Waals surface area (Å²) < 4.78 is 4.58. The van der Waals surface area contributed by atoms with Crippen molar-refractivity contribution in [1.82, 2.24) is 0 Å². The van der Waals surface area contributed by atoms with Crippen LogP contribution in [0.2, 0.25) is 0 Å². The zero-order valence-corrected chi connectivity index (χ0v) is 8.53. The van der Waals surface area contributed by atoms with E-state index in [2.05, 4.69) is 10.1 Å². The van der Waals surface area contributed by atoms with Crippen LogP contribution in [-0.2, 0) is 4.74 Å². The average molecular weight is 208 g/mol. The fourth-order valence-corrected chi connectivity index (χ4v) is 1.18. The number of carbonyl (C=O) groups excluding carboxylic acids is 2. The number of aryl methyl sites for hydroxylation is 1. The van der Waals surface area contributed by atoms with Crippen molar-refractivity contribution in [3.8, 4) is 0 Å². The van der Waals surface area contributed by atoms with E-state index in [9.17, 15) is 9.59 Å². The third-order valence-electron chi connectivity index (χ3n) is 1.84. The van der Waals surface area contributed by atoms with E-state index < -0.39 is 12.0 Å². The molecule has 5 heteroatoms. The topological polar surface area (TPSA) is 81.4 Å².